The number of aryl methyl sites for hydroxylation is 1. The zero-order valence-electron chi connectivity index (χ0n) is 12.8. The van der Waals surface area contributed by atoms with Crippen molar-refractivity contribution < 1.29 is 27.1 Å². The highest BCUT2D eigenvalue weighted by atomic mass is 19.4. The van der Waals surface area contributed by atoms with Gasteiger partial charge in [-0.25, -0.2) is 4.79 Å². The fourth-order valence-corrected chi connectivity index (χ4v) is 2.04. The Hall–Kier alpha value is -2.83. The predicted molar refractivity (Wildman–Crippen MR) is 81.1 cm³/mol. The van der Waals surface area contributed by atoms with Gasteiger partial charge in [0.2, 0.25) is 0 Å². The number of hydrogen-bond acceptors (Lipinski definition) is 4. The Bertz CT molecular complexity index is 848. The van der Waals surface area contributed by atoms with E-state index in [9.17, 15) is 22.8 Å². The monoisotopic (exact) mass is 338 g/mol. The van der Waals surface area contributed by atoms with Crippen LogP contribution in [0.15, 0.2) is 45.6 Å². The maximum Gasteiger partial charge on any atom is 0.416 e. The van der Waals surface area contributed by atoms with Crippen molar-refractivity contribution in [1.82, 2.24) is 0 Å². The smallest absolute Gasteiger partial charge is 0.416 e. The summed E-state index contributed by atoms with van der Waals surface area (Å²) in [6.07, 6.45) is -2.29. The van der Waals surface area contributed by atoms with Crippen molar-refractivity contribution in [2.24, 2.45) is 0 Å². The number of rotatable bonds is 4. The molecule has 1 aromatic heterocycles. The number of ketones is 1. The van der Waals surface area contributed by atoms with Crippen LogP contribution in [0.1, 0.15) is 27.2 Å². The number of ether oxygens (including phenoxy) is 1. The highest BCUT2D eigenvalue weighted by Crippen LogP contribution is 2.29. The second-order valence-corrected chi connectivity index (χ2v) is 4.91. The molecule has 0 aliphatic heterocycles. The Kier molecular flexibility index (Phi) is 4.92. The number of hydrogen-bond donors (Lipinski definition) is 0. The molecule has 0 fully saturated rings. The van der Waals surface area contributed by atoms with E-state index in [0.29, 0.717) is 0 Å². The molecule has 0 atom stereocenters. The van der Waals surface area contributed by atoms with Crippen molar-refractivity contribution in [3.63, 3.8) is 0 Å². The van der Waals surface area contributed by atoms with Gasteiger partial charge in [-0.3, -0.25) is 4.79 Å². The lowest BCUT2D eigenvalue weighted by molar-refractivity contribution is -0.137. The van der Waals surface area contributed by atoms with E-state index in [2.05, 4.69) is 0 Å². The Morgan fingerprint density at radius 1 is 1.25 bits per heavy atom. The van der Waals surface area contributed by atoms with Crippen LogP contribution in [0.5, 0.6) is 5.75 Å². The molecule has 2 aromatic rings. The fourth-order valence-electron chi connectivity index (χ4n) is 2.04. The minimum atomic E-state index is -4.48. The van der Waals surface area contributed by atoms with Crippen LogP contribution < -0.4 is 10.4 Å². The van der Waals surface area contributed by atoms with Gasteiger partial charge in [-0.2, -0.15) is 13.2 Å². The van der Waals surface area contributed by atoms with Crippen LogP contribution in [0.25, 0.3) is 6.08 Å². The van der Waals surface area contributed by atoms with Crippen LogP contribution in [0, 0.1) is 6.92 Å². The number of carbonyl (C=O) groups is 1. The van der Waals surface area contributed by atoms with Gasteiger partial charge in [-0.15, -0.1) is 0 Å². The van der Waals surface area contributed by atoms with Gasteiger partial charge in [0.05, 0.1) is 12.7 Å². The molecule has 1 aromatic carbocycles. The molecule has 0 radical (unpaired) electrons. The molecule has 4 nitrogen and oxygen atoms in total. The molecular weight excluding hydrogens is 325 g/mol. The Labute approximate surface area is 135 Å². The molecule has 0 amide bonds. The minimum absolute atomic E-state index is 0.0439. The van der Waals surface area contributed by atoms with E-state index in [1.54, 1.807) is 0 Å². The van der Waals surface area contributed by atoms with Gasteiger partial charge in [0, 0.05) is 6.07 Å². The third-order valence-electron chi connectivity index (χ3n) is 3.15. The van der Waals surface area contributed by atoms with E-state index in [1.165, 1.54) is 38.3 Å². The van der Waals surface area contributed by atoms with Crippen LogP contribution in [0.4, 0.5) is 13.2 Å². The molecule has 24 heavy (non-hydrogen) atoms. The molecular formula is C17H13F3O4. The minimum Gasteiger partial charge on any atom is -0.496 e. The number of halogens is 3. The average molecular weight is 338 g/mol. The van der Waals surface area contributed by atoms with Crippen LogP contribution in [0.3, 0.4) is 0 Å². The van der Waals surface area contributed by atoms with Gasteiger partial charge in [-0.05, 0) is 30.7 Å². The molecule has 2 rings (SSSR count). The summed E-state index contributed by atoms with van der Waals surface area (Å²) in [4.78, 5) is 24.0. The molecule has 1 heterocycles. The predicted octanol–water partition coefficient (Wildman–Crippen LogP) is 3.87. The van der Waals surface area contributed by atoms with E-state index in [0.717, 1.165) is 18.2 Å². The molecule has 126 valence electrons. The summed E-state index contributed by atoms with van der Waals surface area (Å²) in [5.41, 5.74) is -1.84. The zero-order chi connectivity index (χ0) is 17.9. The standard InChI is InChI=1S/C17H13F3O4/c1-10-8-14(23-2)15(16(22)24-10)13(21)7-6-11-4-3-5-12(9-11)17(18,19)20/h3-9H,1-2H3. The van der Waals surface area contributed by atoms with E-state index in [1.807, 2.05) is 0 Å². The number of alkyl halides is 3. The van der Waals surface area contributed by atoms with E-state index < -0.39 is 23.1 Å². The van der Waals surface area contributed by atoms with Crippen LogP contribution in [-0.4, -0.2) is 12.9 Å². The molecule has 0 aliphatic rings. The molecule has 7 heteroatoms. The topological polar surface area (TPSA) is 56.5 Å². The lowest BCUT2D eigenvalue weighted by Crippen LogP contribution is -2.14. The van der Waals surface area contributed by atoms with Crippen molar-refractivity contribution >= 4 is 11.9 Å². The summed E-state index contributed by atoms with van der Waals surface area (Å²) in [6, 6.07) is 5.85. The second-order valence-electron chi connectivity index (χ2n) is 4.91. The van der Waals surface area contributed by atoms with Crippen LogP contribution >= 0.6 is 0 Å². The summed E-state index contributed by atoms with van der Waals surface area (Å²) in [7, 11) is 1.29. The van der Waals surface area contributed by atoms with Crippen molar-refractivity contribution in [2.45, 2.75) is 13.1 Å². The summed E-state index contributed by atoms with van der Waals surface area (Å²) in [5, 5.41) is 0. The number of methoxy groups -OCH3 is 1. The Balaban J connectivity index is 2.34. The second kappa shape index (κ2) is 6.74. The van der Waals surface area contributed by atoms with Crippen LogP contribution in [0.2, 0.25) is 0 Å². The third-order valence-corrected chi connectivity index (χ3v) is 3.15. The maximum absolute atomic E-state index is 12.7. The van der Waals surface area contributed by atoms with Crippen molar-refractivity contribution in [3.8, 4) is 5.75 Å². The van der Waals surface area contributed by atoms with Crippen molar-refractivity contribution in [1.29, 1.82) is 0 Å². The first-order valence-corrected chi connectivity index (χ1v) is 6.81. The molecule has 0 saturated heterocycles. The van der Waals surface area contributed by atoms with Crippen molar-refractivity contribution in [2.75, 3.05) is 7.11 Å². The maximum atomic E-state index is 12.7. The SMILES string of the molecule is COc1cc(C)oc(=O)c1C(=O)C=Cc1cccc(C(F)(F)F)c1. The zero-order valence-corrected chi connectivity index (χ0v) is 12.8. The molecule has 0 saturated carbocycles. The number of allylic oxidation sites excluding steroid dienone is 1. The van der Waals surface area contributed by atoms with Gasteiger partial charge in [-0.1, -0.05) is 18.2 Å². The average Bonchev–Trinajstić information content (AvgIpc) is 2.51. The van der Waals surface area contributed by atoms with Gasteiger partial charge in [0.15, 0.2) is 5.78 Å². The van der Waals surface area contributed by atoms with Gasteiger partial charge in [0.1, 0.15) is 17.1 Å². The summed E-state index contributed by atoms with van der Waals surface area (Å²) in [6.45, 7) is 1.52. The molecule has 0 N–H and O–H groups in total. The summed E-state index contributed by atoms with van der Waals surface area (Å²) in [5.74, 6) is -0.407. The lowest BCUT2D eigenvalue weighted by atomic mass is 10.1. The first-order valence-electron chi connectivity index (χ1n) is 6.81. The number of carbonyl (C=O) groups excluding carboxylic acids is 1. The van der Waals surface area contributed by atoms with E-state index in [4.69, 9.17) is 9.15 Å². The quantitative estimate of drug-likeness (QED) is 0.627. The van der Waals surface area contributed by atoms with E-state index >= 15 is 0 Å². The van der Waals surface area contributed by atoms with Crippen molar-refractivity contribution in [3.05, 3.63) is 69.3 Å². The summed E-state index contributed by atoms with van der Waals surface area (Å²) >= 11 is 0. The first-order chi connectivity index (χ1) is 11.2. The molecule has 0 unspecified atom stereocenters. The fraction of sp³-hybridized carbons (Fsp3) is 0.176. The lowest BCUT2D eigenvalue weighted by Gasteiger charge is -2.07. The Morgan fingerprint density at radius 2 is 1.96 bits per heavy atom. The van der Waals surface area contributed by atoms with Crippen LogP contribution in [-0.2, 0) is 6.18 Å². The molecule has 0 bridgehead atoms. The number of benzene rings is 1. The van der Waals surface area contributed by atoms with E-state index in [-0.39, 0.29) is 22.6 Å². The van der Waals surface area contributed by atoms with Gasteiger partial charge in [0.25, 0.3) is 0 Å². The highest BCUT2D eigenvalue weighted by molar-refractivity contribution is 6.08. The molecule has 0 spiro atoms. The van der Waals surface area contributed by atoms with Gasteiger partial charge >= 0.3 is 11.8 Å². The largest absolute Gasteiger partial charge is 0.496 e. The first kappa shape index (κ1) is 17.5. The third kappa shape index (κ3) is 3.92. The highest BCUT2D eigenvalue weighted by Gasteiger charge is 2.30. The van der Waals surface area contributed by atoms with Gasteiger partial charge < -0.3 is 9.15 Å². The summed E-state index contributed by atoms with van der Waals surface area (Å²) < 4.78 is 47.8. The normalized spacial score (nSPS) is 11.7. The molecule has 0 aliphatic carbocycles. The Morgan fingerprint density at radius 3 is 2.58 bits per heavy atom.